The van der Waals surface area contributed by atoms with Gasteiger partial charge < -0.3 is 14.2 Å². The molecule has 162 valence electrons. The van der Waals surface area contributed by atoms with Crippen molar-refractivity contribution in [1.82, 2.24) is 15.0 Å². The van der Waals surface area contributed by atoms with Crippen LogP contribution in [0.3, 0.4) is 0 Å². The highest BCUT2D eigenvalue weighted by Crippen LogP contribution is 2.30. The number of benzene rings is 1. The van der Waals surface area contributed by atoms with Crippen LogP contribution in [0, 0.1) is 11.7 Å². The number of carbonyl (C=O) groups is 1. The molecule has 1 aliphatic heterocycles. The molecule has 1 amide bonds. The molecular weight excluding hydrogens is 385 g/mol. The zero-order chi connectivity index (χ0) is 20.8. The third kappa shape index (κ3) is 5.45. The number of hydrogen-bond acceptors (Lipinski definition) is 5. The Hall–Kier alpha value is -2.28. The number of nitrogens with zero attached hydrogens (tertiary/aromatic N) is 3. The molecule has 0 radical (unpaired) electrons. The Morgan fingerprint density at radius 2 is 2.03 bits per heavy atom. The summed E-state index contributed by atoms with van der Waals surface area (Å²) >= 11 is 0. The Morgan fingerprint density at radius 1 is 1.20 bits per heavy atom. The van der Waals surface area contributed by atoms with E-state index in [0.29, 0.717) is 42.8 Å². The highest BCUT2D eigenvalue weighted by atomic mass is 19.1. The van der Waals surface area contributed by atoms with Crippen molar-refractivity contribution in [3.8, 4) is 0 Å². The van der Waals surface area contributed by atoms with Crippen molar-refractivity contribution in [2.45, 2.75) is 63.8 Å². The van der Waals surface area contributed by atoms with E-state index in [0.717, 1.165) is 25.9 Å². The van der Waals surface area contributed by atoms with Gasteiger partial charge in [0.25, 0.3) is 0 Å². The molecule has 7 heteroatoms. The maximum atomic E-state index is 13.5. The minimum absolute atomic E-state index is 0.0371. The first-order valence-corrected chi connectivity index (χ1v) is 11.1. The van der Waals surface area contributed by atoms with Crippen LogP contribution < -0.4 is 0 Å². The van der Waals surface area contributed by atoms with Crippen molar-refractivity contribution >= 4 is 5.91 Å². The predicted molar refractivity (Wildman–Crippen MR) is 109 cm³/mol. The standard InChI is InChI=1S/C23H30FN3O3/c24-19-9-5-8-18(14-19)15-22(28)27-12-4-3-10-20(27)23-25-21(26-30-23)11-13-29-16-17-6-1-2-7-17/h5,8-9,14,17,20H,1-4,6-7,10-13,15-16H2. The highest BCUT2D eigenvalue weighted by molar-refractivity contribution is 5.79. The fraction of sp³-hybridized carbons (Fsp3) is 0.609. The summed E-state index contributed by atoms with van der Waals surface area (Å²) in [5.41, 5.74) is 0.676. The van der Waals surface area contributed by atoms with E-state index in [-0.39, 0.29) is 24.2 Å². The van der Waals surface area contributed by atoms with Crippen LogP contribution in [0.4, 0.5) is 4.39 Å². The molecule has 0 bridgehead atoms. The lowest BCUT2D eigenvalue weighted by Crippen LogP contribution is -2.39. The lowest BCUT2D eigenvalue weighted by Gasteiger charge is -2.33. The molecule has 1 aromatic heterocycles. The third-order valence-corrected chi connectivity index (χ3v) is 6.13. The zero-order valence-corrected chi connectivity index (χ0v) is 17.4. The van der Waals surface area contributed by atoms with Gasteiger partial charge in [-0.1, -0.05) is 30.1 Å². The molecule has 4 rings (SSSR count). The monoisotopic (exact) mass is 415 g/mol. The van der Waals surface area contributed by atoms with E-state index in [1.54, 1.807) is 12.1 Å². The molecule has 2 aromatic rings. The van der Waals surface area contributed by atoms with E-state index >= 15 is 0 Å². The normalized spacial score (nSPS) is 20.0. The van der Waals surface area contributed by atoms with E-state index in [9.17, 15) is 9.18 Å². The topological polar surface area (TPSA) is 68.5 Å². The highest BCUT2D eigenvalue weighted by Gasteiger charge is 2.32. The Morgan fingerprint density at radius 3 is 2.87 bits per heavy atom. The number of ether oxygens (including phenoxy) is 1. The van der Waals surface area contributed by atoms with Gasteiger partial charge in [-0.3, -0.25) is 4.79 Å². The van der Waals surface area contributed by atoms with Crippen LogP contribution in [0.2, 0.25) is 0 Å². The average Bonchev–Trinajstić information content (AvgIpc) is 3.43. The molecule has 30 heavy (non-hydrogen) atoms. The van der Waals surface area contributed by atoms with Crippen LogP contribution in [0.15, 0.2) is 28.8 Å². The van der Waals surface area contributed by atoms with Gasteiger partial charge in [0.15, 0.2) is 5.82 Å². The van der Waals surface area contributed by atoms with Crippen molar-refractivity contribution in [3.63, 3.8) is 0 Å². The number of halogens is 1. The summed E-state index contributed by atoms with van der Waals surface area (Å²) in [6.07, 6.45) is 8.72. The molecule has 1 atom stereocenters. The molecule has 0 spiro atoms. The van der Waals surface area contributed by atoms with Crippen LogP contribution in [0.5, 0.6) is 0 Å². The number of rotatable bonds is 8. The van der Waals surface area contributed by atoms with Crippen LogP contribution in [-0.2, 0) is 22.4 Å². The van der Waals surface area contributed by atoms with Gasteiger partial charge >= 0.3 is 0 Å². The SMILES string of the molecule is O=C(Cc1cccc(F)c1)N1CCCCC1c1nc(CCOCC2CCCC2)no1. The molecule has 0 N–H and O–H groups in total. The fourth-order valence-electron chi connectivity index (χ4n) is 4.50. The number of aromatic nitrogens is 2. The average molecular weight is 416 g/mol. The van der Waals surface area contributed by atoms with Gasteiger partial charge in [-0.15, -0.1) is 0 Å². The molecule has 2 fully saturated rings. The summed E-state index contributed by atoms with van der Waals surface area (Å²) in [5.74, 6) is 1.45. The first-order chi connectivity index (χ1) is 14.7. The quantitative estimate of drug-likeness (QED) is 0.603. The van der Waals surface area contributed by atoms with E-state index in [1.807, 2.05) is 4.90 Å². The predicted octanol–water partition coefficient (Wildman–Crippen LogP) is 4.25. The van der Waals surface area contributed by atoms with E-state index in [1.165, 1.54) is 37.8 Å². The molecule has 2 aliphatic rings. The second-order valence-corrected chi connectivity index (χ2v) is 8.43. The number of piperidine rings is 1. The van der Waals surface area contributed by atoms with Crippen molar-refractivity contribution in [1.29, 1.82) is 0 Å². The van der Waals surface area contributed by atoms with Gasteiger partial charge in [0.2, 0.25) is 11.8 Å². The number of likely N-dealkylation sites (tertiary alicyclic amines) is 1. The van der Waals surface area contributed by atoms with Gasteiger partial charge in [0.05, 0.1) is 13.0 Å². The molecule has 1 unspecified atom stereocenters. The molecular formula is C23H30FN3O3. The third-order valence-electron chi connectivity index (χ3n) is 6.13. The Kier molecular flexibility index (Phi) is 7.10. The van der Waals surface area contributed by atoms with Gasteiger partial charge in [-0.25, -0.2) is 4.39 Å². The minimum Gasteiger partial charge on any atom is -0.381 e. The Bertz CT molecular complexity index is 835. The largest absolute Gasteiger partial charge is 0.381 e. The molecule has 1 aliphatic carbocycles. The smallest absolute Gasteiger partial charge is 0.249 e. The maximum Gasteiger partial charge on any atom is 0.249 e. The Labute approximate surface area is 176 Å². The van der Waals surface area contributed by atoms with Crippen molar-refractivity contribution in [2.75, 3.05) is 19.8 Å². The van der Waals surface area contributed by atoms with Crippen molar-refractivity contribution in [3.05, 3.63) is 47.4 Å². The van der Waals surface area contributed by atoms with Crippen LogP contribution in [0.25, 0.3) is 0 Å². The number of hydrogen-bond donors (Lipinski definition) is 0. The molecule has 2 heterocycles. The summed E-state index contributed by atoms with van der Waals surface area (Å²) in [7, 11) is 0. The first-order valence-electron chi connectivity index (χ1n) is 11.1. The van der Waals surface area contributed by atoms with Gasteiger partial charge in [0.1, 0.15) is 11.9 Å². The van der Waals surface area contributed by atoms with E-state index in [4.69, 9.17) is 9.26 Å². The van der Waals surface area contributed by atoms with Crippen LogP contribution in [0.1, 0.15) is 68.3 Å². The molecule has 1 saturated carbocycles. The number of carbonyl (C=O) groups excluding carboxylic acids is 1. The molecule has 6 nitrogen and oxygen atoms in total. The van der Waals surface area contributed by atoms with Crippen molar-refractivity contribution in [2.24, 2.45) is 5.92 Å². The summed E-state index contributed by atoms with van der Waals surface area (Å²) in [6.45, 7) is 2.05. The molecule has 1 saturated heterocycles. The van der Waals surface area contributed by atoms with Crippen LogP contribution >= 0.6 is 0 Å². The van der Waals surface area contributed by atoms with Gasteiger partial charge in [0, 0.05) is 19.6 Å². The minimum atomic E-state index is -0.327. The summed E-state index contributed by atoms with van der Waals surface area (Å²) in [4.78, 5) is 19.3. The van der Waals surface area contributed by atoms with Gasteiger partial charge in [-0.2, -0.15) is 4.98 Å². The Balaban J connectivity index is 1.32. The van der Waals surface area contributed by atoms with E-state index < -0.39 is 0 Å². The fourth-order valence-corrected chi connectivity index (χ4v) is 4.50. The molecule has 1 aromatic carbocycles. The first kappa shape index (κ1) is 21.0. The summed E-state index contributed by atoms with van der Waals surface area (Å²) < 4.78 is 24.8. The summed E-state index contributed by atoms with van der Waals surface area (Å²) in [5, 5.41) is 4.10. The second kappa shape index (κ2) is 10.2. The number of amides is 1. The van der Waals surface area contributed by atoms with Crippen molar-refractivity contribution < 1.29 is 18.4 Å². The van der Waals surface area contributed by atoms with Crippen LogP contribution in [-0.4, -0.2) is 40.7 Å². The lowest BCUT2D eigenvalue weighted by atomic mass is 10.0. The second-order valence-electron chi connectivity index (χ2n) is 8.43. The maximum absolute atomic E-state index is 13.5. The lowest BCUT2D eigenvalue weighted by molar-refractivity contribution is -0.135. The zero-order valence-electron chi connectivity index (χ0n) is 17.4. The van der Waals surface area contributed by atoms with E-state index in [2.05, 4.69) is 10.1 Å². The van der Waals surface area contributed by atoms with Gasteiger partial charge in [-0.05, 0) is 55.7 Å². The summed E-state index contributed by atoms with van der Waals surface area (Å²) in [6, 6.07) is 5.99.